The summed E-state index contributed by atoms with van der Waals surface area (Å²) in [4.78, 5) is 2.49. The van der Waals surface area contributed by atoms with E-state index < -0.39 is 0 Å². The maximum atomic E-state index is 6.24. The van der Waals surface area contributed by atoms with Gasteiger partial charge in [0.1, 0.15) is 0 Å². The van der Waals surface area contributed by atoms with Crippen molar-refractivity contribution in [3.8, 4) is 0 Å². The molecule has 1 aliphatic rings. The molecule has 0 radical (unpaired) electrons. The molecule has 94 valence electrons. The zero-order chi connectivity index (χ0) is 12.1. The number of hydrogen-bond acceptors (Lipinski definition) is 3. The molecule has 0 aromatic heterocycles. The molecule has 1 heterocycles. The quantitative estimate of drug-likeness (QED) is 0.823. The van der Waals surface area contributed by atoms with Gasteiger partial charge < -0.3 is 16.0 Å². The topological polar surface area (TPSA) is 41.3 Å². The summed E-state index contributed by atoms with van der Waals surface area (Å²) in [6.45, 7) is 7.75. The first-order valence-electron chi connectivity index (χ1n) is 6.51. The Hall–Kier alpha value is -0.900. The first kappa shape index (κ1) is 12.6. The van der Waals surface area contributed by atoms with Gasteiger partial charge in [-0.2, -0.15) is 0 Å². The van der Waals surface area contributed by atoms with Crippen LogP contribution in [0.4, 0.5) is 0 Å². The van der Waals surface area contributed by atoms with Crippen LogP contribution in [-0.2, 0) is 0 Å². The molecule has 0 saturated carbocycles. The Bertz CT molecular complexity index is 345. The highest BCUT2D eigenvalue weighted by Crippen LogP contribution is 2.15. The molecule has 0 spiro atoms. The molecule has 1 saturated heterocycles. The van der Waals surface area contributed by atoms with Crippen LogP contribution in [0.5, 0.6) is 0 Å². The molecule has 17 heavy (non-hydrogen) atoms. The summed E-state index contributed by atoms with van der Waals surface area (Å²) in [5, 5.41) is 3.37. The third-order valence-corrected chi connectivity index (χ3v) is 3.44. The summed E-state index contributed by atoms with van der Waals surface area (Å²) in [5.41, 5.74) is 8.79. The van der Waals surface area contributed by atoms with Gasteiger partial charge in [0.25, 0.3) is 0 Å². The molecule has 2 rings (SSSR count). The van der Waals surface area contributed by atoms with Crippen LogP contribution in [0.15, 0.2) is 24.3 Å². The Balaban J connectivity index is 1.82. The first-order valence-corrected chi connectivity index (χ1v) is 6.51. The summed E-state index contributed by atoms with van der Waals surface area (Å²) in [6.07, 6.45) is 1.05. The standard InChI is InChI=1S/C14H23N3/c1-12-3-2-4-13(11-12)14(15)5-8-17-9-6-16-7-10-17/h2-4,11,14,16H,5-10,15H2,1H3. The van der Waals surface area contributed by atoms with E-state index in [-0.39, 0.29) is 6.04 Å². The van der Waals surface area contributed by atoms with Crippen molar-refractivity contribution in [2.75, 3.05) is 32.7 Å². The molecule has 1 unspecified atom stereocenters. The number of piperazine rings is 1. The lowest BCUT2D eigenvalue weighted by molar-refractivity contribution is 0.233. The smallest absolute Gasteiger partial charge is 0.0307 e. The zero-order valence-electron chi connectivity index (χ0n) is 10.7. The van der Waals surface area contributed by atoms with Gasteiger partial charge in [0.2, 0.25) is 0 Å². The van der Waals surface area contributed by atoms with E-state index in [0.717, 1.165) is 39.1 Å². The van der Waals surface area contributed by atoms with Crippen LogP contribution in [0, 0.1) is 6.92 Å². The SMILES string of the molecule is Cc1cccc(C(N)CCN2CCNCC2)c1. The van der Waals surface area contributed by atoms with Crippen molar-refractivity contribution in [3.05, 3.63) is 35.4 Å². The van der Waals surface area contributed by atoms with E-state index in [1.807, 2.05) is 0 Å². The number of nitrogens with two attached hydrogens (primary N) is 1. The Morgan fingerprint density at radius 3 is 2.82 bits per heavy atom. The van der Waals surface area contributed by atoms with Gasteiger partial charge in [0, 0.05) is 38.8 Å². The van der Waals surface area contributed by atoms with Crippen molar-refractivity contribution in [2.24, 2.45) is 5.73 Å². The Morgan fingerprint density at radius 1 is 1.35 bits per heavy atom. The van der Waals surface area contributed by atoms with Gasteiger partial charge in [-0.05, 0) is 18.9 Å². The lowest BCUT2D eigenvalue weighted by atomic mass is 10.0. The highest BCUT2D eigenvalue weighted by molar-refractivity contribution is 5.24. The Labute approximate surface area is 104 Å². The molecule has 1 atom stereocenters. The molecule has 0 aliphatic carbocycles. The lowest BCUT2D eigenvalue weighted by Gasteiger charge is -2.28. The fourth-order valence-corrected chi connectivity index (χ4v) is 2.32. The van der Waals surface area contributed by atoms with E-state index in [0.29, 0.717) is 0 Å². The van der Waals surface area contributed by atoms with Crippen molar-refractivity contribution in [1.82, 2.24) is 10.2 Å². The fourth-order valence-electron chi connectivity index (χ4n) is 2.32. The summed E-state index contributed by atoms with van der Waals surface area (Å²) >= 11 is 0. The minimum absolute atomic E-state index is 0.171. The van der Waals surface area contributed by atoms with Gasteiger partial charge in [0.15, 0.2) is 0 Å². The predicted octanol–water partition coefficient (Wildman–Crippen LogP) is 1.29. The van der Waals surface area contributed by atoms with Crippen molar-refractivity contribution < 1.29 is 0 Å². The van der Waals surface area contributed by atoms with E-state index in [2.05, 4.69) is 41.4 Å². The molecule has 3 N–H and O–H groups in total. The highest BCUT2D eigenvalue weighted by atomic mass is 15.2. The van der Waals surface area contributed by atoms with Crippen molar-refractivity contribution in [3.63, 3.8) is 0 Å². The van der Waals surface area contributed by atoms with E-state index in [4.69, 9.17) is 5.73 Å². The van der Waals surface area contributed by atoms with Crippen LogP contribution < -0.4 is 11.1 Å². The molecule has 1 aromatic carbocycles. The van der Waals surface area contributed by atoms with Gasteiger partial charge in [-0.25, -0.2) is 0 Å². The third-order valence-electron chi connectivity index (χ3n) is 3.44. The largest absolute Gasteiger partial charge is 0.324 e. The lowest BCUT2D eigenvalue weighted by Crippen LogP contribution is -2.44. The summed E-state index contributed by atoms with van der Waals surface area (Å²) in [6, 6.07) is 8.71. The van der Waals surface area contributed by atoms with Crippen LogP contribution in [0.2, 0.25) is 0 Å². The molecule has 0 amide bonds. The van der Waals surface area contributed by atoms with E-state index >= 15 is 0 Å². The highest BCUT2D eigenvalue weighted by Gasteiger charge is 2.12. The van der Waals surface area contributed by atoms with Crippen LogP contribution in [0.1, 0.15) is 23.6 Å². The van der Waals surface area contributed by atoms with Gasteiger partial charge >= 0.3 is 0 Å². The molecule has 3 heteroatoms. The second kappa shape index (κ2) is 6.15. The van der Waals surface area contributed by atoms with E-state index in [1.165, 1.54) is 11.1 Å². The van der Waals surface area contributed by atoms with Crippen LogP contribution in [0.3, 0.4) is 0 Å². The molecular weight excluding hydrogens is 210 g/mol. The normalized spacial score (nSPS) is 19.2. The van der Waals surface area contributed by atoms with Gasteiger partial charge in [-0.3, -0.25) is 0 Å². The summed E-state index contributed by atoms with van der Waals surface area (Å²) in [5.74, 6) is 0. The molecule has 3 nitrogen and oxygen atoms in total. The number of benzene rings is 1. The molecule has 1 fully saturated rings. The number of nitrogens with one attached hydrogen (secondary N) is 1. The number of aryl methyl sites for hydroxylation is 1. The van der Waals surface area contributed by atoms with Crippen molar-refractivity contribution in [1.29, 1.82) is 0 Å². The minimum atomic E-state index is 0.171. The van der Waals surface area contributed by atoms with E-state index in [9.17, 15) is 0 Å². The maximum absolute atomic E-state index is 6.24. The van der Waals surface area contributed by atoms with Crippen LogP contribution >= 0.6 is 0 Å². The van der Waals surface area contributed by atoms with Gasteiger partial charge in [-0.15, -0.1) is 0 Å². The Morgan fingerprint density at radius 2 is 2.12 bits per heavy atom. The average Bonchev–Trinajstić information content (AvgIpc) is 2.37. The average molecular weight is 233 g/mol. The first-order chi connectivity index (χ1) is 8.25. The third kappa shape index (κ3) is 3.80. The van der Waals surface area contributed by atoms with Gasteiger partial charge in [0.05, 0.1) is 0 Å². The number of rotatable bonds is 4. The molecule has 0 bridgehead atoms. The van der Waals surface area contributed by atoms with Crippen molar-refractivity contribution >= 4 is 0 Å². The number of hydrogen-bond donors (Lipinski definition) is 2. The Kier molecular flexibility index (Phi) is 4.54. The van der Waals surface area contributed by atoms with Crippen LogP contribution in [-0.4, -0.2) is 37.6 Å². The maximum Gasteiger partial charge on any atom is 0.0307 e. The summed E-state index contributed by atoms with van der Waals surface area (Å²) in [7, 11) is 0. The number of nitrogens with zero attached hydrogens (tertiary/aromatic N) is 1. The molecular formula is C14H23N3. The zero-order valence-corrected chi connectivity index (χ0v) is 10.7. The van der Waals surface area contributed by atoms with E-state index in [1.54, 1.807) is 0 Å². The second-order valence-corrected chi connectivity index (χ2v) is 4.90. The van der Waals surface area contributed by atoms with Crippen LogP contribution in [0.25, 0.3) is 0 Å². The fraction of sp³-hybridized carbons (Fsp3) is 0.571. The summed E-state index contributed by atoms with van der Waals surface area (Å²) < 4.78 is 0. The van der Waals surface area contributed by atoms with Gasteiger partial charge in [-0.1, -0.05) is 29.8 Å². The molecule has 1 aromatic rings. The predicted molar refractivity (Wildman–Crippen MR) is 72.0 cm³/mol. The second-order valence-electron chi connectivity index (χ2n) is 4.90. The monoisotopic (exact) mass is 233 g/mol. The minimum Gasteiger partial charge on any atom is -0.324 e. The molecule has 1 aliphatic heterocycles. The van der Waals surface area contributed by atoms with Crippen molar-refractivity contribution in [2.45, 2.75) is 19.4 Å².